The van der Waals surface area contributed by atoms with Crippen LogP contribution in [0.3, 0.4) is 0 Å². The van der Waals surface area contributed by atoms with E-state index in [-0.39, 0.29) is 31.2 Å². The number of ether oxygens (including phenoxy) is 2. The number of fused-ring (bicyclic) bond motifs is 1. The largest absolute Gasteiger partial charge is 0.466 e. The Labute approximate surface area is 156 Å². The van der Waals surface area contributed by atoms with Crippen molar-refractivity contribution in [2.45, 2.75) is 39.5 Å². The van der Waals surface area contributed by atoms with E-state index in [0.29, 0.717) is 31.6 Å². The summed E-state index contributed by atoms with van der Waals surface area (Å²) < 4.78 is 12.1. The molecule has 1 heterocycles. The molecule has 7 heteroatoms. The van der Waals surface area contributed by atoms with Gasteiger partial charge < -0.3 is 14.1 Å². The molecule has 6 nitrogen and oxygen atoms in total. The van der Waals surface area contributed by atoms with Crippen LogP contribution in [0.4, 0.5) is 5.69 Å². The fourth-order valence-corrected chi connectivity index (χ4v) is 3.65. The van der Waals surface area contributed by atoms with E-state index in [1.807, 2.05) is 16.8 Å². The maximum absolute atomic E-state index is 13.4. The van der Waals surface area contributed by atoms with Crippen LogP contribution in [0.2, 0.25) is 0 Å². The molecule has 142 valence electrons. The maximum Gasteiger partial charge on any atom is 0.320 e. The summed E-state index contributed by atoms with van der Waals surface area (Å²) in [5, 5.41) is 0. The number of nitrogens with zero attached hydrogens (tertiary/aromatic N) is 1. The SMILES string of the molecule is CCOC(=O)CCCC1(C(=O)OCC)CCN(P)c2ccccc2C1=O. The summed E-state index contributed by atoms with van der Waals surface area (Å²) in [5.41, 5.74) is 0.00691. The fraction of sp³-hybridized carbons (Fsp3) is 0.526. The van der Waals surface area contributed by atoms with E-state index in [9.17, 15) is 14.4 Å². The summed E-state index contributed by atoms with van der Waals surface area (Å²) in [6.45, 7) is 4.51. The van der Waals surface area contributed by atoms with Crippen molar-refractivity contribution in [1.29, 1.82) is 0 Å². The third-order valence-electron chi connectivity index (χ3n) is 4.63. The van der Waals surface area contributed by atoms with Crippen LogP contribution in [-0.2, 0) is 19.1 Å². The molecular formula is C19H26NO5P. The molecule has 0 aromatic heterocycles. The first kappa shape index (κ1) is 20.4. The van der Waals surface area contributed by atoms with Gasteiger partial charge in [0.1, 0.15) is 5.41 Å². The van der Waals surface area contributed by atoms with E-state index in [2.05, 4.69) is 9.39 Å². The summed E-state index contributed by atoms with van der Waals surface area (Å²) in [5.74, 6) is -1.06. The molecule has 0 saturated heterocycles. The minimum atomic E-state index is -1.27. The lowest BCUT2D eigenvalue weighted by Crippen LogP contribution is -2.41. The van der Waals surface area contributed by atoms with Crippen molar-refractivity contribution in [1.82, 2.24) is 0 Å². The molecule has 0 saturated carbocycles. The van der Waals surface area contributed by atoms with E-state index in [1.165, 1.54) is 0 Å². The van der Waals surface area contributed by atoms with Gasteiger partial charge in [0, 0.05) is 18.5 Å². The Morgan fingerprint density at radius 1 is 1.19 bits per heavy atom. The summed E-state index contributed by atoms with van der Waals surface area (Å²) in [4.78, 5) is 37.8. The van der Waals surface area contributed by atoms with Crippen LogP contribution in [0, 0.1) is 5.41 Å². The topological polar surface area (TPSA) is 72.9 Å². The molecule has 2 unspecified atom stereocenters. The summed E-state index contributed by atoms with van der Waals surface area (Å²) >= 11 is 0. The third-order valence-corrected chi connectivity index (χ3v) is 5.16. The predicted octanol–water partition coefficient (Wildman–Crippen LogP) is 3.15. The van der Waals surface area contributed by atoms with E-state index in [0.717, 1.165) is 5.69 Å². The predicted molar refractivity (Wildman–Crippen MR) is 102 cm³/mol. The van der Waals surface area contributed by atoms with Crippen molar-refractivity contribution >= 4 is 32.8 Å². The summed E-state index contributed by atoms with van der Waals surface area (Å²) in [7, 11) is 2.60. The number of esters is 2. The lowest BCUT2D eigenvalue weighted by atomic mass is 9.74. The number of rotatable bonds is 7. The Bertz CT molecular complexity index is 678. The number of hydrogen-bond acceptors (Lipinski definition) is 6. The molecule has 1 aliphatic heterocycles. The molecule has 2 atom stereocenters. The van der Waals surface area contributed by atoms with Crippen LogP contribution in [0.1, 0.15) is 49.9 Å². The fourth-order valence-electron chi connectivity index (χ4n) is 3.29. The number of anilines is 1. The zero-order valence-corrected chi connectivity index (χ0v) is 16.5. The smallest absolute Gasteiger partial charge is 0.320 e. The normalized spacial score (nSPS) is 19.5. The van der Waals surface area contributed by atoms with Gasteiger partial charge in [-0.05, 0) is 54.6 Å². The van der Waals surface area contributed by atoms with Crippen molar-refractivity contribution < 1.29 is 23.9 Å². The minimum Gasteiger partial charge on any atom is -0.466 e. The molecule has 1 aromatic carbocycles. The second-order valence-corrected chi connectivity index (χ2v) is 6.87. The first-order chi connectivity index (χ1) is 12.5. The van der Waals surface area contributed by atoms with E-state index >= 15 is 0 Å². The minimum absolute atomic E-state index is 0.175. The molecule has 0 fully saturated rings. The molecule has 0 radical (unpaired) electrons. The van der Waals surface area contributed by atoms with Crippen LogP contribution in [-0.4, -0.2) is 37.5 Å². The van der Waals surface area contributed by atoms with E-state index in [4.69, 9.17) is 9.47 Å². The summed E-state index contributed by atoms with van der Waals surface area (Å²) in [6, 6.07) is 7.25. The second kappa shape index (κ2) is 9.13. The highest BCUT2D eigenvalue weighted by atomic mass is 31.0. The molecule has 0 amide bonds. The number of carbonyl (C=O) groups excluding carboxylic acids is 3. The van der Waals surface area contributed by atoms with Crippen LogP contribution >= 0.6 is 9.39 Å². The van der Waals surface area contributed by atoms with Gasteiger partial charge in [-0.25, -0.2) is 0 Å². The molecule has 26 heavy (non-hydrogen) atoms. The Hall–Kier alpha value is -1.94. The van der Waals surface area contributed by atoms with Gasteiger partial charge in [0.25, 0.3) is 0 Å². The molecule has 0 bridgehead atoms. The molecule has 1 aliphatic rings. The van der Waals surface area contributed by atoms with E-state index in [1.54, 1.807) is 26.0 Å². The zero-order valence-electron chi connectivity index (χ0n) is 15.3. The van der Waals surface area contributed by atoms with Crippen molar-refractivity contribution in [2.24, 2.45) is 5.41 Å². The van der Waals surface area contributed by atoms with Crippen LogP contribution < -0.4 is 4.67 Å². The van der Waals surface area contributed by atoms with Gasteiger partial charge in [0.05, 0.1) is 18.9 Å². The average molecular weight is 379 g/mol. The Morgan fingerprint density at radius 3 is 2.58 bits per heavy atom. The lowest BCUT2D eigenvalue weighted by molar-refractivity contribution is -0.153. The van der Waals surface area contributed by atoms with E-state index < -0.39 is 11.4 Å². The van der Waals surface area contributed by atoms with Crippen LogP contribution in [0.15, 0.2) is 24.3 Å². The van der Waals surface area contributed by atoms with Crippen molar-refractivity contribution in [3.63, 3.8) is 0 Å². The van der Waals surface area contributed by atoms with Gasteiger partial charge in [0.2, 0.25) is 0 Å². The van der Waals surface area contributed by atoms with Gasteiger partial charge in [0.15, 0.2) is 5.78 Å². The monoisotopic (exact) mass is 379 g/mol. The molecule has 0 aliphatic carbocycles. The van der Waals surface area contributed by atoms with Crippen LogP contribution in [0.25, 0.3) is 0 Å². The lowest BCUT2D eigenvalue weighted by Gasteiger charge is -2.28. The molecular weight excluding hydrogens is 353 g/mol. The number of para-hydroxylation sites is 1. The maximum atomic E-state index is 13.4. The molecule has 0 N–H and O–H groups in total. The zero-order chi connectivity index (χ0) is 19.2. The van der Waals surface area contributed by atoms with Gasteiger partial charge in [-0.3, -0.25) is 14.4 Å². The first-order valence-corrected chi connectivity index (χ1v) is 9.46. The van der Waals surface area contributed by atoms with Gasteiger partial charge in [-0.2, -0.15) is 0 Å². The number of carbonyl (C=O) groups is 3. The average Bonchev–Trinajstić information content (AvgIpc) is 2.73. The standard InChI is InChI=1S/C19H26NO5P/c1-3-24-16(21)10-7-11-19(18(23)25-4-2)12-13-20(26)15-9-6-5-8-14(15)17(19)22/h5-6,8-9H,3-4,7,10-13,26H2,1-2H3. The number of Topliss-reactive ketones (excluding diaryl/α,β-unsaturated/α-hetero) is 1. The Kier molecular flexibility index (Phi) is 7.15. The van der Waals surface area contributed by atoms with Crippen molar-refractivity contribution in [2.75, 3.05) is 24.4 Å². The Morgan fingerprint density at radius 2 is 1.88 bits per heavy atom. The number of benzene rings is 1. The van der Waals surface area contributed by atoms with Gasteiger partial charge in [-0.1, -0.05) is 12.1 Å². The summed E-state index contributed by atoms with van der Waals surface area (Å²) in [6.07, 6.45) is 1.17. The molecule has 2 rings (SSSR count). The molecule has 1 aromatic rings. The van der Waals surface area contributed by atoms with Gasteiger partial charge in [-0.15, -0.1) is 0 Å². The highest BCUT2D eigenvalue weighted by Crippen LogP contribution is 2.41. The Balaban J connectivity index is 2.33. The third kappa shape index (κ3) is 4.24. The highest BCUT2D eigenvalue weighted by Gasteiger charge is 2.49. The second-order valence-electron chi connectivity index (χ2n) is 6.25. The van der Waals surface area contributed by atoms with Crippen molar-refractivity contribution in [3.8, 4) is 0 Å². The van der Waals surface area contributed by atoms with Crippen LogP contribution in [0.5, 0.6) is 0 Å². The highest BCUT2D eigenvalue weighted by molar-refractivity contribution is 7.19. The van der Waals surface area contributed by atoms with Crippen molar-refractivity contribution in [3.05, 3.63) is 29.8 Å². The quantitative estimate of drug-likeness (QED) is 0.412. The molecule has 0 spiro atoms. The number of ketones is 1. The van der Waals surface area contributed by atoms with Gasteiger partial charge >= 0.3 is 11.9 Å². The first-order valence-electron chi connectivity index (χ1n) is 8.95. The number of hydrogen-bond donors (Lipinski definition) is 0.